The van der Waals surface area contributed by atoms with Gasteiger partial charge in [-0.2, -0.15) is 9.97 Å². The van der Waals surface area contributed by atoms with E-state index in [0.29, 0.717) is 15.6 Å². The fourth-order valence-electron chi connectivity index (χ4n) is 3.35. The molecule has 0 amide bonds. The van der Waals surface area contributed by atoms with Crippen molar-refractivity contribution in [3.05, 3.63) is 64.4 Å². The van der Waals surface area contributed by atoms with Gasteiger partial charge in [-0.25, -0.2) is 0 Å². The molecule has 0 saturated carbocycles. The lowest BCUT2D eigenvalue weighted by molar-refractivity contribution is 1.03. The summed E-state index contributed by atoms with van der Waals surface area (Å²) in [6.45, 7) is 0. The molecule has 8 heteroatoms. The van der Waals surface area contributed by atoms with Gasteiger partial charge in [0.2, 0.25) is 0 Å². The fourth-order valence-corrected chi connectivity index (χ4v) is 5.39. The maximum absolute atomic E-state index is 13.2. The third kappa shape index (κ3) is 1.65. The van der Waals surface area contributed by atoms with Crippen LogP contribution in [0.5, 0.6) is 0 Å². The minimum atomic E-state index is -0.246. The van der Waals surface area contributed by atoms with E-state index >= 15 is 0 Å². The lowest BCUT2D eigenvalue weighted by Crippen LogP contribution is -2.25. The maximum Gasteiger partial charge on any atom is 0.272 e. The van der Waals surface area contributed by atoms with Gasteiger partial charge < -0.3 is 0 Å². The molecule has 2 aromatic carbocycles. The van der Waals surface area contributed by atoms with Crippen LogP contribution in [0.3, 0.4) is 0 Å². The van der Waals surface area contributed by atoms with Crippen LogP contribution in [0.1, 0.15) is 0 Å². The van der Waals surface area contributed by atoms with E-state index in [4.69, 9.17) is 5.41 Å². The van der Waals surface area contributed by atoms with Gasteiger partial charge in [-0.15, -0.1) is 0 Å². The van der Waals surface area contributed by atoms with Gasteiger partial charge >= 0.3 is 0 Å². The number of fused-ring (bicyclic) bond motifs is 7. The first-order chi connectivity index (χ1) is 12.7. The Morgan fingerprint density at radius 3 is 2.00 bits per heavy atom. The molecule has 0 unspecified atom stereocenters. The lowest BCUT2D eigenvalue weighted by atomic mass is 10.3. The van der Waals surface area contributed by atoms with E-state index in [1.807, 2.05) is 48.5 Å². The number of hydrogen-bond acceptors (Lipinski definition) is 6. The molecule has 6 nitrogen and oxygen atoms in total. The van der Waals surface area contributed by atoms with Crippen LogP contribution >= 0.6 is 22.7 Å². The summed E-state index contributed by atoms with van der Waals surface area (Å²) in [6.07, 6.45) is 0. The van der Waals surface area contributed by atoms with Gasteiger partial charge in [0, 0.05) is 0 Å². The third-order valence-corrected chi connectivity index (χ3v) is 6.54. The molecule has 0 aliphatic carbocycles. The highest BCUT2D eigenvalue weighted by molar-refractivity contribution is 7.24. The Bertz CT molecular complexity index is 1520. The monoisotopic (exact) mass is 375 g/mol. The average Bonchev–Trinajstić information content (AvgIpc) is 3.19. The molecular weight excluding hydrogens is 366 g/mol. The maximum atomic E-state index is 13.2. The Kier molecular flexibility index (Phi) is 2.58. The van der Waals surface area contributed by atoms with Crippen molar-refractivity contribution in [3.8, 4) is 0 Å². The van der Waals surface area contributed by atoms with Crippen molar-refractivity contribution in [1.82, 2.24) is 18.8 Å². The van der Waals surface area contributed by atoms with Gasteiger partial charge in [-0.3, -0.25) is 19.0 Å². The SMILES string of the molecule is N=c1c2c(=O)n3c(nc2nc2sc4ccccc4n12)sc1ccccc13. The summed E-state index contributed by atoms with van der Waals surface area (Å²) < 4.78 is 5.32. The smallest absolute Gasteiger partial charge is 0.272 e. The minimum absolute atomic E-state index is 0.129. The van der Waals surface area contributed by atoms with Crippen LogP contribution < -0.4 is 11.0 Å². The van der Waals surface area contributed by atoms with Gasteiger partial charge in [-0.05, 0) is 24.3 Å². The second-order valence-corrected chi connectivity index (χ2v) is 7.97. The number of hydrogen-bond donors (Lipinski definition) is 1. The molecule has 0 saturated heterocycles. The predicted octanol–water partition coefficient (Wildman–Crippen LogP) is 3.40. The average molecular weight is 375 g/mol. The van der Waals surface area contributed by atoms with Gasteiger partial charge in [0.1, 0.15) is 10.9 Å². The Morgan fingerprint density at radius 2 is 1.35 bits per heavy atom. The number of nitrogens with one attached hydrogen (secondary N) is 1. The Balaban J connectivity index is 1.94. The van der Waals surface area contributed by atoms with Crippen LogP contribution in [-0.2, 0) is 0 Å². The van der Waals surface area contributed by atoms with Crippen LogP contribution in [0, 0.1) is 5.41 Å². The number of thiazole rings is 2. The molecule has 0 radical (unpaired) electrons. The quantitative estimate of drug-likeness (QED) is 0.442. The van der Waals surface area contributed by atoms with Crippen molar-refractivity contribution in [2.75, 3.05) is 0 Å². The summed E-state index contributed by atoms with van der Waals surface area (Å²) in [4.78, 5) is 23.7. The molecule has 0 atom stereocenters. The van der Waals surface area contributed by atoms with Crippen LogP contribution in [0.4, 0.5) is 0 Å². The Labute approximate surface area is 152 Å². The summed E-state index contributed by atoms with van der Waals surface area (Å²) in [5, 5.41) is 8.93. The molecule has 0 aliphatic heterocycles. The first-order valence-electron chi connectivity index (χ1n) is 7.91. The fraction of sp³-hybridized carbons (Fsp3) is 0. The zero-order chi connectivity index (χ0) is 17.4. The minimum Gasteiger partial charge on any atom is -0.283 e. The van der Waals surface area contributed by atoms with E-state index in [-0.39, 0.29) is 16.4 Å². The molecule has 0 aliphatic rings. The Morgan fingerprint density at radius 1 is 0.808 bits per heavy atom. The molecule has 6 rings (SSSR count). The van der Waals surface area contributed by atoms with Crippen molar-refractivity contribution in [1.29, 1.82) is 5.41 Å². The van der Waals surface area contributed by atoms with E-state index in [0.717, 1.165) is 20.4 Å². The highest BCUT2D eigenvalue weighted by atomic mass is 32.1. The molecule has 6 aromatic rings. The van der Waals surface area contributed by atoms with Gasteiger partial charge in [-0.1, -0.05) is 46.9 Å². The van der Waals surface area contributed by atoms with E-state index in [9.17, 15) is 4.79 Å². The highest BCUT2D eigenvalue weighted by Gasteiger charge is 2.17. The van der Waals surface area contributed by atoms with Crippen molar-refractivity contribution >= 4 is 64.1 Å². The second kappa shape index (κ2) is 4.75. The number of para-hydroxylation sites is 2. The highest BCUT2D eigenvalue weighted by Crippen LogP contribution is 2.26. The first-order valence-corrected chi connectivity index (χ1v) is 9.54. The summed E-state index contributed by atoms with van der Waals surface area (Å²) in [5.41, 5.74) is 1.91. The van der Waals surface area contributed by atoms with E-state index < -0.39 is 0 Å². The molecule has 0 fully saturated rings. The van der Waals surface area contributed by atoms with Crippen LogP contribution in [0.2, 0.25) is 0 Å². The summed E-state index contributed by atoms with van der Waals surface area (Å²) in [7, 11) is 0. The van der Waals surface area contributed by atoms with Crippen LogP contribution in [0.15, 0.2) is 53.3 Å². The van der Waals surface area contributed by atoms with Crippen LogP contribution in [0.25, 0.3) is 41.4 Å². The van der Waals surface area contributed by atoms with E-state index in [1.165, 1.54) is 22.7 Å². The zero-order valence-electron chi connectivity index (χ0n) is 13.1. The molecule has 124 valence electrons. The summed E-state index contributed by atoms with van der Waals surface area (Å²) >= 11 is 2.95. The molecule has 0 bridgehead atoms. The Hall–Kier alpha value is -3.10. The molecule has 26 heavy (non-hydrogen) atoms. The summed E-state index contributed by atoms with van der Waals surface area (Å²) in [6, 6.07) is 15.5. The molecule has 4 aromatic heterocycles. The standard InChI is InChI=1S/C18H9N5OS2/c19-14-13-15(20-17-22(14)9-5-1-3-7-11(9)25-17)21-18-23(16(13)24)10-6-2-4-8-12(10)26-18/h1-8,19H. The predicted molar refractivity (Wildman–Crippen MR) is 104 cm³/mol. The number of rotatable bonds is 0. The van der Waals surface area contributed by atoms with E-state index in [2.05, 4.69) is 9.97 Å². The van der Waals surface area contributed by atoms with Gasteiger partial charge in [0.15, 0.2) is 15.6 Å². The largest absolute Gasteiger partial charge is 0.283 e. The lowest BCUT2D eigenvalue weighted by Gasteiger charge is -2.02. The number of nitrogens with zero attached hydrogens (tertiary/aromatic N) is 4. The third-order valence-electron chi connectivity index (χ3n) is 4.50. The molecule has 4 heterocycles. The molecule has 1 N–H and O–H groups in total. The normalized spacial score (nSPS) is 12.2. The van der Waals surface area contributed by atoms with Gasteiger partial charge in [0.25, 0.3) is 5.56 Å². The zero-order valence-corrected chi connectivity index (χ0v) is 14.8. The second-order valence-electron chi connectivity index (χ2n) is 5.95. The number of aromatic nitrogens is 4. The molecule has 0 spiro atoms. The molecular formula is C18H9N5OS2. The summed E-state index contributed by atoms with van der Waals surface area (Å²) in [5.74, 6) is 0. The van der Waals surface area contributed by atoms with Gasteiger partial charge in [0.05, 0.1) is 20.4 Å². The van der Waals surface area contributed by atoms with Crippen molar-refractivity contribution in [3.63, 3.8) is 0 Å². The van der Waals surface area contributed by atoms with Crippen molar-refractivity contribution in [2.45, 2.75) is 0 Å². The van der Waals surface area contributed by atoms with Crippen LogP contribution in [-0.4, -0.2) is 18.8 Å². The van der Waals surface area contributed by atoms with E-state index in [1.54, 1.807) is 8.80 Å². The number of benzene rings is 2. The topological polar surface area (TPSA) is 75.5 Å². The first kappa shape index (κ1) is 14.1. The van der Waals surface area contributed by atoms with Crippen molar-refractivity contribution in [2.24, 2.45) is 0 Å². The van der Waals surface area contributed by atoms with Crippen molar-refractivity contribution < 1.29 is 0 Å².